The van der Waals surface area contributed by atoms with Gasteiger partial charge >= 0.3 is 0 Å². The molecule has 2 nitrogen and oxygen atoms in total. The van der Waals surface area contributed by atoms with E-state index >= 15 is 0 Å². The predicted molar refractivity (Wildman–Crippen MR) is 51.2 cm³/mol. The number of nitrogens with one attached hydrogen (secondary N) is 1. The van der Waals surface area contributed by atoms with E-state index in [1.807, 2.05) is 0 Å². The van der Waals surface area contributed by atoms with E-state index in [2.05, 4.69) is 26.2 Å². The van der Waals surface area contributed by atoms with E-state index in [1.165, 1.54) is 12.8 Å². The topological polar surface area (TPSA) is 21.3 Å². The lowest BCUT2D eigenvalue weighted by molar-refractivity contribution is 0.0261. The summed E-state index contributed by atoms with van der Waals surface area (Å²) >= 11 is 0. The molecule has 2 heteroatoms. The maximum atomic E-state index is 5.48. The van der Waals surface area contributed by atoms with Crippen LogP contribution in [0.5, 0.6) is 0 Å². The monoisotopic (exact) mass is 171 g/mol. The minimum absolute atomic E-state index is 0.682. The van der Waals surface area contributed by atoms with Gasteiger partial charge in [-0.3, -0.25) is 0 Å². The fraction of sp³-hybridized carbons (Fsp3) is 1.00. The van der Waals surface area contributed by atoms with Crippen molar-refractivity contribution in [1.29, 1.82) is 0 Å². The van der Waals surface area contributed by atoms with Crippen LogP contribution in [0, 0.1) is 11.8 Å². The van der Waals surface area contributed by atoms with Gasteiger partial charge in [-0.1, -0.05) is 13.8 Å². The third kappa shape index (κ3) is 2.76. The average Bonchev–Trinajstić information content (AvgIpc) is 2.04. The molecule has 1 saturated heterocycles. The Morgan fingerprint density at radius 2 is 2.25 bits per heavy atom. The van der Waals surface area contributed by atoms with Crippen LogP contribution in [-0.2, 0) is 4.74 Å². The Hall–Kier alpha value is -0.0800. The van der Waals surface area contributed by atoms with Crippen LogP contribution in [0.25, 0.3) is 0 Å². The molecule has 0 radical (unpaired) electrons. The molecular weight excluding hydrogens is 150 g/mol. The third-order valence-electron chi connectivity index (χ3n) is 2.62. The summed E-state index contributed by atoms with van der Waals surface area (Å²) < 4.78 is 5.48. The Morgan fingerprint density at radius 3 is 2.83 bits per heavy atom. The number of ether oxygens (including phenoxy) is 1. The van der Waals surface area contributed by atoms with Gasteiger partial charge in [0.05, 0.1) is 6.61 Å². The molecule has 1 fully saturated rings. The first-order valence-electron chi connectivity index (χ1n) is 4.99. The van der Waals surface area contributed by atoms with E-state index < -0.39 is 0 Å². The van der Waals surface area contributed by atoms with Gasteiger partial charge in [0.15, 0.2) is 0 Å². The van der Waals surface area contributed by atoms with Crippen LogP contribution in [-0.4, -0.2) is 26.3 Å². The van der Waals surface area contributed by atoms with Crippen molar-refractivity contribution >= 4 is 0 Å². The second-order valence-corrected chi connectivity index (χ2v) is 4.15. The zero-order valence-corrected chi connectivity index (χ0v) is 8.47. The lowest BCUT2D eigenvalue weighted by Crippen LogP contribution is -2.41. The zero-order chi connectivity index (χ0) is 8.97. The van der Waals surface area contributed by atoms with Crippen LogP contribution in [0.2, 0.25) is 0 Å². The Kier molecular flexibility index (Phi) is 4.02. The Labute approximate surface area is 75.7 Å². The number of hydrogen-bond acceptors (Lipinski definition) is 2. The molecular formula is C10H21NO. The minimum atomic E-state index is 0.682. The standard InChI is InChI=1S/C10H21NO/c1-8(2)6-9-7-12-5-4-10(9)11-3/h8-11H,4-7H2,1-3H3. The molecule has 0 aliphatic carbocycles. The Bertz CT molecular complexity index is 125. The van der Waals surface area contributed by atoms with Crippen molar-refractivity contribution in [3.8, 4) is 0 Å². The maximum absolute atomic E-state index is 5.48. The summed E-state index contributed by atoms with van der Waals surface area (Å²) in [4.78, 5) is 0. The maximum Gasteiger partial charge on any atom is 0.0509 e. The van der Waals surface area contributed by atoms with Crippen LogP contribution in [0.4, 0.5) is 0 Å². The quantitative estimate of drug-likeness (QED) is 0.697. The van der Waals surface area contributed by atoms with E-state index in [4.69, 9.17) is 4.74 Å². The van der Waals surface area contributed by atoms with Gasteiger partial charge in [-0.15, -0.1) is 0 Å². The summed E-state index contributed by atoms with van der Waals surface area (Å²) in [5, 5.41) is 3.38. The highest BCUT2D eigenvalue weighted by atomic mass is 16.5. The minimum Gasteiger partial charge on any atom is -0.381 e. The SMILES string of the molecule is CNC1CCOCC1CC(C)C. The van der Waals surface area contributed by atoms with E-state index in [1.54, 1.807) is 0 Å². The largest absolute Gasteiger partial charge is 0.381 e. The highest BCUT2D eigenvalue weighted by molar-refractivity contribution is 4.78. The highest BCUT2D eigenvalue weighted by Gasteiger charge is 2.24. The Morgan fingerprint density at radius 1 is 1.50 bits per heavy atom. The molecule has 0 saturated carbocycles. The third-order valence-corrected chi connectivity index (χ3v) is 2.62. The molecule has 0 aromatic rings. The lowest BCUT2D eigenvalue weighted by Gasteiger charge is -2.32. The lowest BCUT2D eigenvalue weighted by atomic mass is 9.88. The van der Waals surface area contributed by atoms with Crippen LogP contribution in [0.1, 0.15) is 26.7 Å². The molecule has 2 unspecified atom stereocenters. The van der Waals surface area contributed by atoms with E-state index in [0.29, 0.717) is 6.04 Å². The molecule has 0 aromatic heterocycles. The first-order chi connectivity index (χ1) is 5.74. The average molecular weight is 171 g/mol. The predicted octanol–water partition coefficient (Wildman–Crippen LogP) is 1.66. The van der Waals surface area contributed by atoms with Gasteiger partial charge in [0.25, 0.3) is 0 Å². The van der Waals surface area contributed by atoms with Crippen molar-refractivity contribution in [2.45, 2.75) is 32.7 Å². The number of hydrogen-bond donors (Lipinski definition) is 1. The molecule has 72 valence electrons. The van der Waals surface area contributed by atoms with Crippen molar-refractivity contribution in [2.24, 2.45) is 11.8 Å². The van der Waals surface area contributed by atoms with Gasteiger partial charge in [0, 0.05) is 12.6 Å². The summed E-state index contributed by atoms with van der Waals surface area (Å²) in [6.07, 6.45) is 2.46. The fourth-order valence-electron chi connectivity index (χ4n) is 2.01. The number of rotatable bonds is 3. The second kappa shape index (κ2) is 4.83. The highest BCUT2D eigenvalue weighted by Crippen LogP contribution is 2.21. The summed E-state index contributed by atoms with van der Waals surface area (Å²) in [6, 6.07) is 0.682. The molecule has 1 rings (SSSR count). The molecule has 12 heavy (non-hydrogen) atoms. The molecule has 0 bridgehead atoms. The van der Waals surface area contributed by atoms with Crippen molar-refractivity contribution in [1.82, 2.24) is 5.32 Å². The summed E-state index contributed by atoms with van der Waals surface area (Å²) in [5.74, 6) is 1.51. The normalized spacial score (nSPS) is 31.0. The summed E-state index contributed by atoms with van der Waals surface area (Å²) in [5.41, 5.74) is 0. The van der Waals surface area contributed by atoms with Crippen LogP contribution >= 0.6 is 0 Å². The molecule has 2 atom stereocenters. The van der Waals surface area contributed by atoms with Crippen molar-refractivity contribution in [3.63, 3.8) is 0 Å². The van der Waals surface area contributed by atoms with Crippen molar-refractivity contribution in [3.05, 3.63) is 0 Å². The smallest absolute Gasteiger partial charge is 0.0509 e. The van der Waals surface area contributed by atoms with Crippen LogP contribution < -0.4 is 5.32 Å². The van der Waals surface area contributed by atoms with Crippen molar-refractivity contribution in [2.75, 3.05) is 20.3 Å². The molecule has 0 aromatic carbocycles. The van der Waals surface area contributed by atoms with E-state index in [9.17, 15) is 0 Å². The molecule has 0 amide bonds. The van der Waals surface area contributed by atoms with Crippen LogP contribution in [0.15, 0.2) is 0 Å². The molecule has 0 spiro atoms. The molecule has 1 aliphatic heterocycles. The Balaban J connectivity index is 2.36. The molecule has 1 aliphatic rings. The molecule has 1 heterocycles. The van der Waals surface area contributed by atoms with Crippen LogP contribution in [0.3, 0.4) is 0 Å². The van der Waals surface area contributed by atoms with Gasteiger partial charge < -0.3 is 10.1 Å². The van der Waals surface area contributed by atoms with E-state index in [0.717, 1.165) is 25.0 Å². The second-order valence-electron chi connectivity index (χ2n) is 4.15. The summed E-state index contributed by atoms with van der Waals surface area (Å²) in [6.45, 7) is 6.44. The first-order valence-corrected chi connectivity index (χ1v) is 4.99. The molecule has 1 N–H and O–H groups in total. The van der Waals surface area contributed by atoms with Gasteiger partial charge in [0.1, 0.15) is 0 Å². The van der Waals surface area contributed by atoms with Gasteiger partial charge in [-0.25, -0.2) is 0 Å². The summed E-state index contributed by atoms with van der Waals surface area (Å²) in [7, 11) is 2.06. The first kappa shape index (κ1) is 10.0. The van der Waals surface area contributed by atoms with Gasteiger partial charge in [0.2, 0.25) is 0 Å². The van der Waals surface area contributed by atoms with E-state index in [-0.39, 0.29) is 0 Å². The fourth-order valence-corrected chi connectivity index (χ4v) is 2.01. The van der Waals surface area contributed by atoms with Gasteiger partial charge in [-0.2, -0.15) is 0 Å². The zero-order valence-electron chi connectivity index (χ0n) is 8.47. The van der Waals surface area contributed by atoms with Crippen molar-refractivity contribution < 1.29 is 4.74 Å². The van der Waals surface area contributed by atoms with Gasteiger partial charge in [-0.05, 0) is 31.7 Å².